The summed E-state index contributed by atoms with van der Waals surface area (Å²) < 4.78 is 46.2. The predicted octanol–water partition coefficient (Wildman–Crippen LogP) is 5.01. The second-order valence-corrected chi connectivity index (χ2v) is 9.01. The molecule has 7 heteroatoms. The van der Waals surface area contributed by atoms with Gasteiger partial charge in [-0.3, -0.25) is 4.79 Å². The third-order valence-corrected chi connectivity index (χ3v) is 7.07. The van der Waals surface area contributed by atoms with Crippen LogP contribution in [0.2, 0.25) is 0 Å². The summed E-state index contributed by atoms with van der Waals surface area (Å²) in [5.41, 5.74) is 0. The van der Waals surface area contributed by atoms with Gasteiger partial charge in [0, 0.05) is 50.0 Å². The first-order chi connectivity index (χ1) is 14.8. The SMILES string of the molecule is CCC(C)C(CC)N1CCC(C(=O)N2CCC(Oc3c(F)cc(F)cc3F)CC2)CC1. The van der Waals surface area contributed by atoms with Crippen molar-refractivity contribution in [2.24, 2.45) is 11.8 Å². The maximum absolute atomic E-state index is 13.8. The third kappa shape index (κ3) is 5.73. The Balaban J connectivity index is 1.48. The molecule has 174 valence electrons. The summed E-state index contributed by atoms with van der Waals surface area (Å²) in [6.45, 7) is 9.72. The number of carbonyl (C=O) groups excluding carboxylic acids is 1. The number of rotatable bonds is 7. The molecule has 1 amide bonds. The van der Waals surface area contributed by atoms with E-state index in [0.29, 0.717) is 50.0 Å². The Hall–Kier alpha value is -1.76. The van der Waals surface area contributed by atoms with Gasteiger partial charge in [-0.05, 0) is 38.3 Å². The molecule has 0 saturated carbocycles. The standard InChI is InChI=1S/C24H35F3N2O2/c1-4-16(3)22(5-2)28-10-6-17(7-11-28)24(30)29-12-8-19(9-13-29)31-23-20(26)14-18(25)15-21(23)27/h14-17,19,22H,4-13H2,1-3H3. The molecule has 2 heterocycles. The number of hydrogen-bond acceptors (Lipinski definition) is 3. The molecule has 2 saturated heterocycles. The molecule has 2 fully saturated rings. The lowest BCUT2D eigenvalue weighted by Crippen LogP contribution is -2.49. The number of benzene rings is 1. The van der Waals surface area contributed by atoms with Crippen molar-refractivity contribution in [2.45, 2.75) is 71.4 Å². The minimum Gasteiger partial charge on any atom is -0.484 e. The van der Waals surface area contributed by atoms with Crippen LogP contribution in [0.25, 0.3) is 0 Å². The first-order valence-electron chi connectivity index (χ1n) is 11.7. The molecular formula is C24H35F3N2O2. The molecule has 0 aromatic heterocycles. The molecule has 1 aromatic carbocycles. The first-order valence-corrected chi connectivity index (χ1v) is 11.7. The summed E-state index contributed by atoms with van der Waals surface area (Å²) in [7, 11) is 0. The van der Waals surface area contributed by atoms with Crippen LogP contribution >= 0.6 is 0 Å². The number of carbonyl (C=O) groups is 1. The van der Waals surface area contributed by atoms with E-state index in [9.17, 15) is 18.0 Å². The molecule has 4 nitrogen and oxygen atoms in total. The molecule has 0 bridgehead atoms. The van der Waals surface area contributed by atoms with E-state index in [2.05, 4.69) is 25.7 Å². The maximum Gasteiger partial charge on any atom is 0.225 e. The van der Waals surface area contributed by atoms with Gasteiger partial charge in [-0.15, -0.1) is 0 Å². The van der Waals surface area contributed by atoms with E-state index in [-0.39, 0.29) is 17.9 Å². The largest absolute Gasteiger partial charge is 0.484 e. The van der Waals surface area contributed by atoms with Gasteiger partial charge in [-0.1, -0.05) is 27.2 Å². The van der Waals surface area contributed by atoms with E-state index in [1.165, 1.54) is 6.42 Å². The fourth-order valence-electron chi connectivity index (χ4n) is 5.03. The zero-order valence-electron chi connectivity index (χ0n) is 18.9. The van der Waals surface area contributed by atoms with Gasteiger partial charge >= 0.3 is 0 Å². The van der Waals surface area contributed by atoms with Gasteiger partial charge < -0.3 is 14.5 Å². The molecule has 0 N–H and O–H groups in total. The normalized spacial score (nSPS) is 21.2. The number of piperidine rings is 2. The van der Waals surface area contributed by atoms with Crippen LogP contribution in [0.15, 0.2) is 12.1 Å². The van der Waals surface area contributed by atoms with Gasteiger partial charge in [0.2, 0.25) is 5.91 Å². The van der Waals surface area contributed by atoms with Gasteiger partial charge in [-0.25, -0.2) is 13.2 Å². The van der Waals surface area contributed by atoms with Gasteiger partial charge in [0.05, 0.1) is 0 Å². The summed E-state index contributed by atoms with van der Waals surface area (Å²) in [5, 5.41) is 0. The Kier molecular flexibility index (Phi) is 8.25. The van der Waals surface area contributed by atoms with Crippen LogP contribution in [0.3, 0.4) is 0 Å². The predicted molar refractivity (Wildman–Crippen MR) is 114 cm³/mol. The van der Waals surface area contributed by atoms with E-state index < -0.39 is 23.2 Å². The number of nitrogens with zero attached hydrogens (tertiary/aromatic N) is 2. The highest BCUT2D eigenvalue weighted by molar-refractivity contribution is 5.79. The van der Waals surface area contributed by atoms with Crippen LogP contribution in [0, 0.1) is 29.3 Å². The van der Waals surface area contributed by atoms with Crippen molar-refractivity contribution in [3.8, 4) is 5.75 Å². The maximum atomic E-state index is 13.8. The molecule has 0 radical (unpaired) electrons. The molecule has 2 aliphatic rings. The monoisotopic (exact) mass is 440 g/mol. The van der Waals surface area contributed by atoms with Crippen molar-refractivity contribution < 1.29 is 22.7 Å². The molecule has 2 atom stereocenters. The van der Waals surface area contributed by atoms with E-state index in [1.54, 1.807) is 0 Å². The van der Waals surface area contributed by atoms with E-state index in [1.807, 2.05) is 4.90 Å². The van der Waals surface area contributed by atoms with Gasteiger partial charge in [0.1, 0.15) is 11.9 Å². The Morgan fingerprint density at radius 3 is 2.10 bits per heavy atom. The van der Waals surface area contributed by atoms with Crippen LogP contribution in [0.5, 0.6) is 5.75 Å². The third-order valence-electron chi connectivity index (χ3n) is 7.07. The topological polar surface area (TPSA) is 32.8 Å². The van der Waals surface area contributed by atoms with Crippen molar-refractivity contribution in [2.75, 3.05) is 26.2 Å². The Labute approximate surface area is 183 Å². The van der Waals surface area contributed by atoms with Crippen molar-refractivity contribution in [3.63, 3.8) is 0 Å². The number of hydrogen-bond donors (Lipinski definition) is 0. The summed E-state index contributed by atoms with van der Waals surface area (Å²) in [6, 6.07) is 1.82. The average Bonchev–Trinajstić information content (AvgIpc) is 2.77. The molecule has 2 aliphatic heterocycles. The molecule has 1 aromatic rings. The molecule has 0 spiro atoms. The number of halogens is 3. The second kappa shape index (κ2) is 10.7. The van der Waals surface area contributed by atoms with Crippen LogP contribution in [0.4, 0.5) is 13.2 Å². The molecule has 3 rings (SSSR count). The van der Waals surface area contributed by atoms with Crippen LogP contribution < -0.4 is 4.74 Å². The van der Waals surface area contributed by atoms with Crippen LogP contribution in [-0.2, 0) is 4.79 Å². The van der Waals surface area contributed by atoms with Crippen LogP contribution in [0.1, 0.15) is 59.3 Å². The quantitative estimate of drug-likeness (QED) is 0.598. The number of amides is 1. The van der Waals surface area contributed by atoms with Crippen molar-refractivity contribution in [3.05, 3.63) is 29.6 Å². The summed E-state index contributed by atoms with van der Waals surface area (Å²) >= 11 is 0. The van der Waals surface area contributed by atoms with Gasteiger partial charge in [0.15, 0.2) is 17.4 Å². The molecular weight excluding hydrogens is 405 g/mol. The highest BCUT2D eigenvalue weighted by Crippen LogP contribution is 2.29. The van der Waals surface area contributed by atoms with E-state index in [4.69, 9.17) is 4.74 Å². The highest BCUT2D eigenvalue weighted by Gasteiger charge is 2.34. The summed E-state index contributed by atoms with van der Waals surface area (Å²) in [5.74, 6) is -2.68. The lowest BCUT2D eigenvalue weighted by Gasteiger charge is -2.41. The zero-order chi connectivity index (χ0) is 22.5. The Bertz CT molecular complexity index is 721. The van der Waals surface area contributed by atoms with Crippen molar-refractivity contribution in [1.82, 2.24) is 9.80 Å². The zero-order valence-corrected chi connectivity index (χ0v) is 18.9. The average molecular weight is 441 g/mol. The summed E-state index contributed by atoms with van der Waals surface area (Å²) in [6.07, 6.45) is 4.69. The lowest BCUT2D eigenvalue weighted by molar-refractivity contribution is -0.139. The molecule has 31 heavy (non-hydrogen) atoms. The fourth-order valence-corrected chi connectivity index (χ4v) is 5.03. The molecule has 0 aliphatic carbocycles. The van der Waals surface area contributed by atoms with E-state index >= 15 is 0 Å². The summed E-state index contributed by atoms with van der Waals surface area (Å²) in [4.78, 5) is 17.4. The first kappa shape index (κ1) is 23.9. The molecule has 2 unspecified atom stereocenters. The fraction of sp³-hybridized carbons (Fsp3) is 0.708. The second-order valence-electron chi connectivity index (χ2n) is 9.01. The Morgan fingerprint density at radius 2 is 1.58 bits per heavy atom. The van der Waals surface area contributed by atoms with Gasteiger partial charge in [0.25, 0.3) is 0 Å². The minimum absolute atomic E-state index is 0.0511. The Morgan fingerprint density at radius 1 is 1.00 bits per heavy atom. The lowest BCUT2D eigenvalue weighted by atomic mass is 9.89. The van der Waals surface area contributed by atoms with Crippen molar-refractivity contribution in [1.29, 1.82) is 0 Å². The highest BCUT2D eigenvalue weighted by atomic mass is 19.1. The number of ether oxygens (including phenoxy) is 1. The minimum atomic E-state index is -1.04. The van der Waals surface area contributed by atoms with Gasteiger partial charge in [-0.2, -0.15) is 0 Å². The van der Waals surface area contributed by atoms with Crippen LogP contribution in [-0.4, -0.2) is 54.0 Å². The van der Waals surface area contributed by atoms with E-state index in [0.717, 1.165) is 32.4 Å². The smallest absolute Gasteiger partial charge is 0.225 e. The number of likely N-dealkylation sites (tertiary alicyclic amines) is 2. The van der Waals surface area contributed by atoms with Crippen molar-refractivity contribution >= 4 is 5.91 Å².